The van der Waals surface area contributed by atoms with E-state index in [1.807, 2.05) is 44.2 Å². The number of halogens is 1. The van der Waals surface area contributed by atoms with E-state index in [4.69, 9.17) is 11.6 Å². The molecule has 0 saturated heterocycles. The Bertz CT molecular complexity index is 1030. The lowest BCUT2D eigenvalue weighted by molar-refractivity contribution is -0.121. The molecule has 0 spiro atoms. The molecule has 0 radical (unpaired) electrons. The van der Waals surface area contributed by atoms with Gasteiger partial charge in [0.2, 0.25) is 11.8 Å². The molecule has 0 fully saturated rings. The predicted molar refractivity (Wildman–Crippen MR) is 117 cm³/mol. The number of nitrogens with zero attached hydrogens (tertiary/aromatic N) is 1. The molecule has 0 unspecified atom stereocenters. The Labute approximate surface area is 179 Å². The molecule has 29 heavy (non-hydrogen) atoms. The van der Waals surface area contributed by atoms with Crippen LogP contribution in [-0.4, -0.2) is 17.6 Å². The maximum absolute atomic E-state index is 12.4. The second kappa shape index (κ2) is 9.17. The lowest BCUT2D eigenvalue weighted by atomic mass is 9.87. The summed E-state index contributed by atoms with van der Waals surface area (Å²) in [6.45, 7) is 3.86. The van der Waals surface area contributed by atoms with Gasteiger partial charge in [0.15, 0.2) is 0 Å². The second-order valence-electron chi connectivity index (χ2n) is 6.87. The summed E-state index contributed by atoms with van der Waals surface area (Å²) < 4.78 is 0. The van der Waals surface area contributed by atoms with Crippen molar-refractivity contribution in [2.24, 2.45) is 0 Å². The van der Waals surface area contributed by atoms with Crippen molar-refractivity contribution in [1.29, 1.82) is 5.26 Å². The van der Waals surface area contributed by atoms with Crippen LogP contribution in [0.3, 0.4) is 0 Å². The molecular weight excluding hydrogens is 406 g/mol. The molecule has 148 valence electrons. The zero-order chi connectivity index (χ0) is 21.0. The van der Waals surface area contributed by atoms with Crippen molar-refractivity contribution in [2.75, 3.05) is 11.1 Å². The Morgan fingerprint density at radius 3 is 2.69 bits per heavy atom. The highest BCUT2D eigenvalue weighted by atomic mass is 35.5. The Balaban J connectivity index is 1.76. The van der Waals surface area contributed by atoms with Crippen molar-refractivity contribution in [2.45, 2.75) is 26.2 Å². The molecule has 2 N–H and O–H groups in total. The molecule has 2 amide bonds. The summed E-state index contributed by atoms with van der Waals surface area (Å²) in [5.74, 6) is -0.650. The normalized spacial score (nSPS) is 16.2. The number of amides is 2. The second-order valence-corrected chi connectivity index (χ2v) is 8.29. The Morgan fingerprint density at radius 1 is 1.28 bits per heavy atom. The Hall–Kier alpha value is -2.75. The molecule has 1 heterocycles. The number of benzene rings is 2. The van der Waals surface area contributed by atoms with E-state index < -0.39 is 0 Å². The van der Waals surface area contributed by atoms with Gasteiger partial charge in [-0.1, -0.05) is 59.3 Å². The van der Waals surface area contributed by atoms with E-state index >= 15 is 0 Å². The van der Waals surface area contributed by atoms with Crippen molar-refractivity contribution >= 4 is 40.9 Å². The maximum Gasteiger partial charge on any atom is 0.234 e. The van der Waals surface area contributed by atoms with E-state index in [1.54, 1.807) is 12.1 Å². The quantitative estimate of drug-likeness (QED) is 0.729. The number of allylic oxidation sites excluding steroid dienone is 1. The highest BCUT2D eigenvalue weighted by molar-refractivity contribution is 8.03. The van der Waals surface area contributed by atoms with Gasteiger partial charge in [-0.05, 0) is 37.1 Å². The van der Waals surface area contributed by atoms with Crippen molar-refractivity contribution in [1.82, 2.24) is 5.32 Å². The van der Waals surface area contributed by atoms with Crippen LogP contribution in [0.4, 0.5) is 5.69 Å². The number of thioether (sulfide) groups is 1. The van der Waals surface area contributed by atoms with Gasteiger partial charge in [-0.25, -0.2) is 0 Å². The standard InChI is InChI=1S/C22H20ClN3O2S/c1-13-3-6-15(7-4-13)17-10-20(27)26-22(18(17)11-24)29-12-21(28)25-19-9-16(23)8-5-14(19)2/h3-9,17H,10,12H2,1-2H3,(H,25,28)(H,26,27)/t17-/m1/s1. The summed E-state index contributed by atoms with van der Waals surface area (Å²) >= 11 is 7.14. The van der Waals surface area contributed by atoms with Gasteiger partial charge >= 0.3 is 0 Å². The average molecular weight is 426 g/mol. The number of aryl methyl sites for hydroxylation is 2. The number of hydrogen-bond acceptors (Lipinski definition) is 4. The fraction of sp³-hybridized carbons (Fsp3) is 0.227. The zero-order valence-corrected chi connectivity index (χ0v) is 17.7. The van der Waals surface area contributed by atoms with Gasteiger partial charge in [0, 0.05) is 23.0 Å². The van der Waals surface area contributed by atoms with Crippen LogP contribution in [0.15, 0.2) is 53.1 Å². The van der Waals surface area contributed by atoms with Gasteiger partial charge in [-0.3, -0.25) is 9.59 Å². The minimum atomic E-state index is -0.310. The molecule has 0 saturated carbocycles. The van der Waals surface area contributed by atoms with Gasteiger partial charge < -0.3 is 10.6 Å². The fourth-order valence-electron chi connectivity index (χ4n) is 3.07. The summed E-state index contributed by atoms with van der Waals surface area (Å²) in [4.78, 5) is 24.6. The van der Waals surface area contributed by atoms with Crippen LogP contribution in [-0.2, 0) is 9.59 Å². The minimum absolute atomic E-state index is 0.0629. The SMILES string of the molecule is Cc1ccc([C@H]2CC(=O)NC(SCC(=O)Nc3cc(Cl)ccc3C)=C2C#N)cc1. The van der Waals surface area contributed by atoms with Crippen molar-refractivity contribution in [3.05, 3.63) is 74.8 Å². The van der Waals surface area contributed by atoms with Gasteiger partial charge in [0.25, 0.3) is 0 Å². The van der Waals surface area contributed by atoms with E-state index in [-0.39, 0.29) is 29.9 Å². The smallest absolute Gasteiger partial charge is 0.234 e. The van der Waals surface area contributed by atoms with Crippen LogP contribution < -0.4 is 10.6 Å². The first kappa shape index (κ1) is 21.0. The third kappa shape index (κ3) is 5.20. The summed E-state index contributed by atoms with van der Waals surface area (Å²) in [5.41, 5.74) is 4.04. The molecule has 2 aromatic carbocycles. The van der Waals surface area contributed by atoms with Crippen molar-refractivity contribution in [3.8, 4) is 6.07 Å². The monoisotopic (exact) mass is 425 g/mol. The van der Waals surface area contributed by atoms with Gasteiger partial charge in [0.05, 0.1) is 22.4 Å². The van der Waals surface area contributed by atoms with Crippen molar-refractivity contribution in [3.63, 3.8) is 0 Å². The van der Waals surface area contributed by atoms with Crippen LogP contribution in [0.1, 0.15) is 29.0 Å². The van der Waals surface area contributed by atoms with Crippen LogP contribution in [0.2, 0.25) is 5.02 Å². The predicted octanol–water partition coefficient (Wildman–Crippen LogP) is 4.67. The number of carbonyl (C=O) groups is 2. The summed E-state index contributed by atoms with van der Waals surface area (Å²) in [5, 5.41) is 16.3. The molecule has 1 aliphatic heterocycles. The molecule has 3 rings (SSSR count). The average Bonchev–Trinajstić information content (AvgIpc) is 2.69. The van der Waals surface area contributed by atoms with E-state index in [9.17, 15) is 14.9 Å². The van der Waals surface area contributed by atoms with E-state index in [1.165, 1.54) is 0 Å². The van der Waals surface area contributed by atoms with E-state index in [0.717, 1.165) is 28.5 Å². The first-order valence-electron chi connectivity index (χ1n) is 9.07. The first-order chi connectivity index (χ1) is 13.9. The molecule has 0 aliphatic carbocycles. The molecule has 1 aliphatic rings. The fourth-order valence-corrected chi connectivity index (χ4v) is 4.12. The Morgan fingerprint density at radius 2 is 2.00 bits per heavy atom. The molecule has 0 aromatic heterocycles. The number of hydrogen-bond donors (Lipinski definition) is 2. The van der Waals surface area contributed by atoms with Crippen LogP contribution in [0.25, 0.3) is 0 Å². The van der Waals surface area contributed by atoms with Crippen LogP contribution in [0.5, 0.6) is 0 Å². The Kier molecular flexibility index (Phi) is 6.63. The van der Waals surface area contributed by atoms with Crippen molar-refractivity contribution < 1.29 is 9.59 Å². The third-order valence-electron chi connectivity index (χ3n) is 4.66. The molecule has 0 bridgehead atoms. The summed E-state index contributed by atoms with van der Waals surface area (Å²) in [7, 11) is 0. The molecule has 1 atom stereocenters. The number of carbonyl (C=O) groups excluding carboxylic acids is 2. The molecule has 5 nitrogen and oxygen atoms in total. The number of anilines is 1. The molecule has 2 aromatic rings. The molecular formula is C22H20ClN3O2S. The minimum Gasteiger partial charge on any atom is -0.325 e. The van der Waals surface area contributed by atoms with Crippen LogP contribution in [0, 0.1) is 25.2 Å². The van der Waals surface area contributed by atoms with Gasteiger partial charge in [-0.2, -0.15) is 5.26 Å². The van der Waals surface area contributed by atoms with Gasteiger partial charge in [0.1, 0.15) is 0 Å². The lowest BCUT2D eigenvalue weighted by Gasteiger charge is -2.25. The topological polar surface area (TPSA) is 82.0 Å². The van der Waals surface area contributed by atoms with E-state index in [0.29, 0.717) is 21.3 Å². The first-order valence-corrected chi connectivity index (χ1v) is 10.4. The zero-order valence-electron chi connectivity index (χ0n) is 16.1. The number of nitriles is 1. The summed E-state index contributed by atoms with van der Waals surface area (Å²) in [6, 6.07) is 15.3. The highest BCUT2D eigenvalue weighted by Crippen LogP contribution is 2.36. The van der Waals surface area contributed by atoms with Crippen LogP contribution >= 0.6 is 23.4 Å². The molecule has 7 heteroatoms. The number of nitrogens with one attached hydrogen (secondary N) is 2. The lowest BCUT2D eigenvalue weighted by Crippen LogP contribution is -2.31. The van der Waals surface area contributed by atoms with Gasteiger partial charge in [-0.15, -0.1) is 0 Å². The maximum atomic E-state index is 12.4. The number of rotatable bonds is 5. The summed E-state index contributed by atoms with van der Waals surface area (Å²) in [6.07, 6.45) is 0.212. The highest BCUT2D eigenvalue weighted by Gasteiger charge is 2.29. The van der Waals surface area contributed by atoms with E-state index in [2.05, 4.69) is 16.7 Å². The largest absolute Gasteiger partial charge is 0.325 e. The third-order valence-corrected chi connectivity index (χ3v) is 5.91.